The van der Waals surface area contributed by atoms with Gasteiger partial charge in [-0.3, -0.25) is 0 Å². The van der Waals surface area contributed by atoms with E-state index in [0.29, 0.717) is 0 Å². The van der Waals surface area contributed by atoms with Crippen LogP contribution in [0.5, 0.6) is 11.5 Å². The molecule has 0 spiro atoms. The topological polar surface area (TPSA) is 12.5 Å². The quantitative estimate of drug-likeness (QED) is 0.233. The first-order valence-electron chi connectivity index (χ1n) is 13.6. The zero-order valence-corrected chi connectivity index (χ0v) is 21.8. The molecule has 0 bridgehead atoms. The van der Waals surface area contributed by atoms with Crippen molar-refractivity contribution in [3.8, 4) is 33.8 Å². The largest absolute Gasteiger partial charge is 0.456 e. The van der Waals surface area contributed by atoms with Crippen molar-refractivity contribution in [2.45, 2.75) is 0 Å². The SMILES string of the molecule is c1ccc(N(c2cccc(-c3cc4c5c(cccc5c3)Oc3ccccc3-4)c2)c2cccc3ccccc23)cc1. The van der Waals surface area contributed by atoms with Gasteiger partial charge < -0.3 is 9.64 Å². The van der Waals surface area contributed by atoms with Crippen LogP contribution in [0.2, 0.25) is 0 Å². The van der Waals surface area contributed by atoms with Crippen LogP contribution in [0.3, 0.4) is 0 Å². The monoisotopic (exact) mass is 511 g/mol. The Bertz CT molecular complexity index is 2040. The predicted molar refractivity (Wildman–Crippen MR) is 167 cm³/mol. The molecule has 1 aliphatic heterocycles. The molecule has 1 aliphatic rings. The summed E-state index contributed by atoms with van der Waals surface area (Å²) in [4.78, 5) is 2.36. The van der Waals surface area contributed by atoms with Gasteiger partial charge in [-0.25, -0.2) is 0 Å². The maximum Gasteiger partial charge on any atom is 0.135 e. The average molecular weight is 512 g/mol. The van der Waals surface area contributed by atoms with Crippen LogP contribution in [-0.2, 0) is 0 Å². The van der Waals surface area contributed by atoms with Gasteiger partial charge in [-0.1, -0.05) is 97.1 Å². The number of hydrogen-bond acceptors (Lipinski definition) is 2. The maximum atomic E-state index is 6.27. The van der Waals surface area contributed by atoms with Crippen molar-refractivity contribution in [2.75, 3.05) is 4.90 Å². The smallest absolute Gasteiger partial charge is 0.135 e. The molecule has 0 N–H and O–H groups in total. The van der Waals surface area contributed by atoms with Crippen LogP contribution < -0.4 is 9.64 Å². The normalized spacial score (nSPS) is 11.7. The first-order chi connectivity index (χ1) is 19.8. The van der Waals surface area contributed by atoms with Crippen LogP contribution in [0.4, 0.5) is 17.1 Å². The molecule has 7 aromatic rings. The molecule has 0 radical (unpaired) electrons. The molecular weight excluding hydrogens is 486 g/mol. The Morgan fingerprint density at radius 2 is 1.12 bits per heavy atom. The Morgan fingerprint density at radius 1 is 0.425 bits per heavy atom. The summed E-state index contributed by atoms with van der Waals surface area (Å²) in [5, 5.41) is 4.79. The van der Waals surface area contributed by atoms with E-state index in [4.69, 9.17) is 4.74 Å². The van der Waals surface area contributed by atoms with E-state index in [0.717, 1.165) is 34.1 Å². The maximum absolute atomic E-state index is 6.27. The van der Waals surface area contributed by atoms with E-state index < -0.39 is 0 Å². The van der Waals surface area contributed by atoms with Gasteiger partial charge in [-0.15, -0.1) is 0 Å². The van der Waals surface area contributed by atoms with Crippen LogP contribution >= 0.6 is 0 Å². The van der Waals surface area contributed by atoms with Gasteiger partial charge in [-0.05, 0) is 82.1 Å². The minimum atomic E-state index is 0.902. The summed E-state index contributed by atoms with van der Waals surface area (Å²) in [5.41, 5.74) is 8.10. The highest BCUT2D eigenvalue weighted by Crippen LogP contribution is 2.48. The molecule has 40 heavy (non-hydrogen) atoms. The van der Waals surface area contributed by atoms with Crippen molar-refractivity contribution in [1.82, 2.24) is 0 Å². The standard InChI is InChI=1S/C38H25NO/c1-2-15-30(16-3-1)39(35-20-9-12-26-11-4-5-18-32(26)35)31-17-8-13-27(24-31)29-23-28-14-10-22-37-38(28)34(25-29)33-19-6-7-21-36(33)40-37/h1-25H. The Balaban J connectivity index is 1.33. The third-order valence-electron chi connectivity index (χ3n) is 7.80. The Kier molecular flexibility index (Phi) is 5.17. The van der Waals surface area contributed by atoms with Crippen LogP contribution in [-0.4, -0.2) is 0 Å². The highest BCUT2D eigenvalue weighted by Gasteiger charge is 2.21. The number of hydrogen-bond donors (Lipinski definition) is 0. The van der Waals surface area contributed by atoms with Crippen molar-refractivity contribution >= 4 is 38.6 Å². The molecule has 0 fully saturated rings. The van der Waals surface area contributed by atoms with Crippen molar-refractivity contribution < 1.29 is 4.74 Å². The lowest BCUT2D eigenvalue weighted by Crippen LogP contribution is -2.10. The summed E-state index contributed by atoms with van der Waals surface area (Å²) in [6.45, 7) is 0. The molecule has 0 saturated heterocycles. The molecule has 2 heteroatoms. The second-order valence-electron chi connectivity index (χ2n) is 10.2. The molecule has 0 aromatic heterocycles. The highest BCUT2D eigenvalue weighted by molar-refractivity contribution is 6.06. The zero-order chi connectivity index (χ0) is 26.5. The number of ether oxygens (including phenoxy) is 1. The van der Waals surface area contributed by atoms with Crippen LogP contribution in [0.15, 0.2) is 152 Å². The fraction of sp³-hybridized carbons (Fsp3) is 0. The van der Waals surface area contributed by atoms with Crippen molar-refractivity contribution in [3.05, 3.63) is 152 Å². The average Bonchev–Trinajstić information content (AvgIpc) is 3.02. The van der Waals surface area contributed by atoms with Crippen LogP contribution in [0.1, 0.15) is 0 Å². The number of rotatable bonds is 4. The molecule has 188 valence electrons. The van der Waals surface area contributed by atoms with Gasteiger partial charge in [0.15, 0.2) is 0 Å². The molecule has 1 heterocycles. The molecule has 0 atom stereocenters. The third-order valence-corrected chi connectivity index (χ3v) is 7.80. The second-order valence-corrected chi connectivity index (χ2v) is 10.2. The van der Waals surface area contributed by atoms with E-state index in [1.54, 1.807) is 0 Å². The highest BCUT2D eigenvalue weighted by atomic mass is 16.5. The zero-order valence-electron chi connectivity index (χ0n) is 21.8. The predicted octanol–water partition coefficient (Wildman–Crippen LogP) is 10.9. The number of benzene rings is 7. The molecular formula is C38H25NO. The molecule has 8 rings (SSSR count). The van der Waals surface area contributed by atoms with E-state index in [9.17, 15) is 0 Å². The molecule has 7 aromatic carbocycles. The molecule has 0 aliphatic carbocycles. The fourth-order valence-electron chi connectivity index (χ4n) is 5.99. The number of nitrogens with zero attached hydrogens (tertiary/aromatic N) is 1. The number of para-hydroxylation sites is 2. The molecule has 0 amide bonds. The van der Waals surface area contributed by atoms with E-state index in [1.165, 1.54) is 38.2 Å². The lowest BCUT2D eigenvalue weighted by Gasteiger charge is -2.27. The minimum Gasteiger partial charge on any atom is -0.456 e. The number of anilines is 3. The number of fused-ring (bicyclic) bond motifs is 3. The van der Waals surface area contributed by atoms with Gasteiger partial charge in [-0.2, -0.15) is 0 Å². The molecule has 0 saturated carbocycles. The summed E-state index contributed by atoms with van der Waals surface area (Å²) in [6.07, 6.45) is 0. The van der Waals surface area contributed by atoms with Crippen LogP contribution in [0.25, 0.3) is 43.8 Å². The third kappa shape index (κ3) is 3.65. The summed E-state index contributed by atoms with van der Waals surface area (Å²) in [5.74, 6) is 1.82. The Hall–Kier alpha value is -5.34. The van der Waals surface area contributed by atoms with Crippen molar-refractivity contribution in [1.29, 1.82) is 0 Å². The van der Waals surface area contributed by atoms with Gasteiger partial charge in [0.1, 0.15) is 11.5 Å². The van der Waals surface area contributed by atoms with Gasteiger partial charge in [0.25, 0.3) is 0 Å². The van der Waals surface area contributed by atoms with Crippen LogP contribution in [0, 0.1) is 0 Å². The molecule has 2 nitrogen and oxygen atoms in total. The lowest BCUT2D eigenvalue weighted by molar-refractivity contribution is 0.487. The summed E-state index contributed by atoms with van der Waals surface area (Å²) >= 11 is 0. The minimum absolute atomic E-state index is 0.902. The van der Waals surface area contributed by atoms with E-state index in [2.05, 4.69) is 144 Å². The first-order valence-corrected chi connectivity index (χ1v) is 13.6. The Labute approximate surface area is 233 Å². The lowest BCUT2D eigenvalue weighted by atomic mass is 9.90. The van der Waals surface area contributed by atoms with Gasteiger partial charge >= 0.3 is 0 Å². The van der Waals surface area contributed by atoms with Gasteiger partial charge in [0, 0.05) is 27.7 Å². The first kappa shape index (κ1) is 22.6. The van der Waals surface area contributed by atoms with Gasteiger partial charge in [0.05, 0.1) is 5.69 Å². The second kappa shape index (κ2) is 9.14. The summed E-state index contributed by atoms with van der Waals surface area (Å²) in [6, 6.07) is 53.8. The summed E-state index contributed by atoms with van der Waals surface area (Å²) < 4.78 is 6.27. The van der Waals surface area contributed by atoms with Gasteiger partial charge in [0.2, 0.25) is 0 Å². The molecule has 0 unspecified atom stereocenters. The van der Waals surface area contributed by atoms with Crippen molar-refractivity contribution in [2.24, 2.45) is 0 Å². The van der Waals surface area contributed by atoms with Crippen molar-refractivity contribution in [3.63, 3.8) is 0 Å². The Morgan fingerprint density at radius 3 is 2.08 bits per heavy atom. The van der Waals surface area contributed by atoms with E-state index >= 15 is 0 Å². The fourth-order valence-corrected chi connectivity index (χ4v) is 5.99. The van der Waals surface area contributed by atoms with E-state index in [-0.39, 0.29) is 0 Å². The van der Waals surface area contributed by atoms with E-state index in [1.807, 2.05) is 12.1 Å². The summed E-state index contributed by atoms with van der Waals surface area (Å²) in [7, 11) is 0.